The summed E-state index contributed by atoms with van der Waals surface area (Å²) in [5.74, 6) is 0.114. The van der Waals surface area contributed by atoms with E-state index in [1.807, 2.05) is 87.4 Å². The Morgan fingerprint density at radius 2 is 1.82 bits per heavy atom. The average Bonchev–Trinajstić information content (AvgIpc) is 2.98. The highest BCUT2D eigenvalue weighted by Crippen LogP contribution is 2.25. The molecule has 40 heavy (non-hydrogen) atoms. The van der Waals surface area contributed by atoms with E-state index in [0.717, 1.165) is 41.7 Å². The average molecular weight is 541 g/mol. The molecule has 1 fully saturated rings. The number of aromatic nitrogens is 3. The molecular weight excluding hydrogens is 504 g/mol. The fraction of sp³-hybridized carbons (Fsp3) is 0.300. The third-order valence-electron chi connectivity index (χ3n) is 6.59. The summed E-state index contributed by atoms with van der Waals surface area (Å²) >= 11 is 0. The van der Waals surface area contributed by atoms with Gasteiger partial charge >= 0.3 is 0 Å². The van der Waals surface area contributed by atoms with Crippen LogP contribution in [0.1, 0.15) is 47.5 Å². The second kappa shape index (κ2) is 12.9. The molecule has 4 aromatic rings. The zero-order chi connectivity index (χ0) is 28.6. The number of benzene rings is 2. The molecule has 2 aromatic carbocycles. The van der Waals surface area contributed by atoms with Crippen LogP contribution in [0.15, 0.2) is 67.0 Å². The number of fused-ring (bicyclic) bond motifs is 1. The van der Waals surface area contributed by atoms with E-state index < -0.39 is 5.91 Å². The van der Waals surface area contributed by atoms with Gasteiger partial charge in [0, 0.05) is 61.7 Å². The van der Waals surface area contributed by atoms with Gasteiger partial charge in [-0.25, -0.2) is 9.97 Å². The van der Waals surface area contributed by atoms with E-state index in [9.17, 15) is 9.59 Å². The van der Waals surface area contributed by atoms with Crippen LogP contribution in [0.4, 0.5) is 23.0 Å². The third-order valence-corrected chi connectivity index (χ3v) is 6.59. The van der Waals surface area contributed by atoms with Gasteiger partial charge in [0.05, 0.1) is 11.7 Å². The van der Waals surface area contributed by atoms with Crippen LogP contribution in [-0.2, 0) is 0 Å². The van der Waals surface area contributed by atoms with Crippen molar-refractivity contribution < 1.29 is 9.59 Å². The summed E-state index contributed by atoms with van der Waals surface area (Å²) in [4.78, 5) is 42.4. The SMILES string of the molecule is CC.CN(C)c1ccc(C(=O)N[C@@H]2CCCN(c3cnc(C(N)=O)c(Nc4ccc5ncccc5c4)n3)C2)cc1. The number of nitrogens with two attached hydrogens (primary N) is 1. The van der Waals surface area contributed by atoms with Gasteiger partial charge in [0.2, 0.25) is 0 Å². The zero-order valence-electron chi connectivity index (χ0n) is 23.4. The van der Waals surface area contributed by atoms with Gasteiger partial charge in [-0.2, -0.15) is 0 Å². The maximum atomic E-state index is 12.9. The van der Waals surface area contributed by atoms with Gasteiger partial charge < -0.3 is 26.2 Å². The molecule has 0 spiro atoms. The Morgan fingerprint density at radius 3 is 2.55 bits per heavy atom. The minimum Gasteiger partial charge on any atom is -0.378 e. The van der Waals surface area contributed by atoms with E-state index in [0.29, 0.717) is 17.9 Å². The maximum Gasteiger partial charge on any atom is 0.271 e. The van der Waals surface area contributed by atoms with Crippen molar-refractivity contribution in [3.05, 3.63) is 78.2 Å². The number of carbonyl (C=O) groups is 2. The van der Waals surface area contributed by atoms with E-state index in [1.54, 1.807) is 12.4 Å². The van der Waals surface area contributed by atoms with Crippen molar-refractivity contribution in [3.63, 3.8) is 0 Å². The van der Waals surface area contributed by atoms with Crippen LogP contribution in [0.2, 0.25) is 0 Å². The molecular formula is C30H36N8O2. The Balaban J connectivity index is 0.00000181. The fourth-order valence-corrected chi connectivity index (χ4v) is 4.57. The van der Waals surface area contributed by atoms with Crippen molar-refractivity contribution in [2.45, 2.75) is 32.7 Å². The largest absolute Gasteiger partial charge is 0.378 e. The van der Waals surface area contributed by atoms with E-state index in [2.05, 4.69) is 25.5 Å². The predicted molar refractivity (Wildman–Crippen MR) is 160 cm³/mol. The summed E-state index contributed by atoms with van der Waals surface area (Å²) in [6, 6.07) is 17.0. The third kappa shape index (κ3) is 6.63. The molecule has 2 aromatic heterocycles. The molecule has 4 N–H and O–H groups in total. The number of carbonyl (C=O) groups excluding carboxylic acids is 2. The van der Waals surface area contributed by atoms with Crippen LogP contribution >= 0.6 is 0 Å². The molecule has 0 aliphatic carbocycles. The fourth-order valence-electron chi connectivity index (χ4n) is 4.57. The summed E-state index contributed by atoms with van der Waals surface area (Å²) < 4.78 is 0. The van der Waals surface area contributed by atoms with Crippen molar-refractivity contribution in [2.75, 3.05) is 42.3 Å². The number of piperidine rings is 1. The predicted octanol–water partition coefficient (Wildman–Crippen LogP) is 4.36. The van der Waals surface area contributed by atoms with Gasteiger partial charge in [-0.3, -0.25) is 14.6 Å². The van der Waals surface area contributed by atoms with Gasteiger partial charge in [-0.05, 0) is 61.4 Å². The van der Waals surface area contributed by atoms with Crippen LogP contribution in [0.3, 0.4) is 0 Å². The molecule has 1 aliphatic rings. The highest BCUT2D eigenvalue weighted by atomic mass is 16.2. The number of hydrogen-bond acceptors (Lipinski definition) is 8. The normalized spacial score (nSPS) is 14.6. The first-order valence-corrected chi connectivity index (χ1v) is 13.5. The van der Waals surface area contributed by atoms with Crippen molar-refractivity contribution in [1.82, 2.24) is 20.3 Å². The van der Waals surface area contributed by atoms with E-state index in [1.165, 1.54) is 0 Å². The number of rotatable bonds is 7. The number of anilines is 4. The smallest absolute Gasteiger partial charge is 0.271 e. The van der Waals surface area contributed by atoms with Crippen molar-refractivity contribution >= 4 is 45.7 Å². The van der Waals surface area contributed by atoms with Crippen LogP contribution in [-0.4, -0.2) is 60.0 Å². The zero-order valence-corrected chi connectivity index (χ0v) is 23.4. The van der Waals surface area contributed by atoms with Crippen LogP contribution in [0, 0.1) is 0 Å². The lowest BCUT2D eigenvalue weighted by atomic mass is 10.0. The van der Waals surface area contributed by atoms with E-state index in [-0.39, 0.29) is 23.5 Å². The number of nitrogens with zero attached hydrogens (tertiary/aromatic N) is 5. The topological polar surface area (TPSA) is 129 Å². The van der Waals surface area contributed by atoms with E-state index >= 15 is 0 Å². The summed E-state index contributed by atoms with van der Waals surface area (Å²) in [7, 11) is 3.93. The molecule has 1 atom stereocenters. The quantitative estimate of drug-likeness (QED) is 0.315. The van der Waals surface area contributed by atoms with Crippen LogP contribution in [0.25, 0.3) is 10.9 Å². The first-order valence-electron chi connectivity index (χ1n) is 13.5. The number of hydrogen-bond donors (Lipinski definition) is 3. The summed E-state index contributed by atoms with van der Waals surface area (Å²) in [5.41, 5.74) is 8.91. The summed E-state index contributed by atoms with van der Waals surface area (Å²) in [6.07, 6.45) is 5.04. The molecule has 0 bridgehead atoms. The molecule has 0 saturated carbocycles. The van der Waals surface area contributed by atoms with Gasteiger partial charge in [-0.15, -0.1) is 0 Å². The second-order valence-electron chi connectivity index (χ2n) is 9.53. The summed E-state index contributed by atoms with van der Waals surface area (Å²) in [5, 5.41) is 7.30. The van der Waals surface area contributed by atoms with Crippen LogP contribution < -0.4 is 26.2 Å². The van der Waals surface area contributed by atoms with Crippen LogP contribution in [0.5, 0.6) is 0 Å². The lowest BCUT2D eigenvalue weighted by molar-refractivity contribution is 0.0932. The molecule has 3 heterocycles. The molecule has 0 unspecified atom stereocenters. The second-order valence-corrected chi connectivity index (χ2v) is 9.53. The standard InChI is InChI=1S/C28H30N8O2.C2H6/c1-35(2)22-10-7-18(8-11-22)28(38)33-21-6-4-14-36(17-21)24-16-31-25(26(29)37)27(34-24)32-20-9-12-23-19(15-20)5-3-13-30-23;1-2/h3,5,7-13,15-16,21H,4,6,14,17H2,1-2H3,(H2,29,37)(H,32,34)(H,33,38);1-2H3/t21-;/m1./s1. The van der Waals surface area contributed by atoms with Gasteiger partial charge in [0.1, 0.15) is 5.82 Å². The maximum absolute atomic E-state index is 12.9. The van der Waals surface area contributed by atoms with Crippen molar-refractivity contribution in [1.29, 1.82) is 0 Å². The van der Waals surface area contributed by atoms with Gasteiger partial charge in [-0.1, -0.05) is 19.9 Å². The molecule has 10 nitrogen and oxygen atoms in total. The Hall–Kier alpha value is -4.73. The molecule has 208 valence electrons. The number of pyridine rings is 1. The minimum atomic E-state index is -0.668. The minimum absolute atomic E-state index is 0.0493. The molecule has 2 amide bonds. The Bertz CT molecular complexity index is 1470. The van der Waals surface area contributed by atoms with Crippen molar-refractivity contribution in [3.8, 4) is 0 Å². The number of amides is 2. The monoisotopic (exact) mass is 540 g/mol. The Labute approximate surface area is 234 Å². The molecule has 5 rings (SSSR count). The van der Waals surface area contributed by atoms with Gasteiger partial charge in [0.25, 0.3) is 11.8 Å². The molecule has 1 saturated heterocycles. The molecule has 0 radical (unpaired) electrons. The first-order chi connectivity index (χ1) is 19.4. The number of primary amides is 1. The highest BCUT2D eigenvalue weighted by Gasteiger charge is 2.24. The highest BCUT2D eigenvalue weighted by molar-refractivity contribution is 5.97. The molecule has 10 heteroatoms. The Morgan fingerprint density at radius 1 is 1.05 bits per heavy atom. The van der Waals surface area contributed by atoms with Crippen molar-refractivity contribution in [2.24, 2.45) is 5.73 Å². The first kappa shape index (κ1) is 28.3. The van der Waals surface area contributed by atoms with E-state index in [4.69, 9.17) is 10.7 Å². The molecule has 1 aliphatic heterocycles. The lowest BCUT2D eigenvalue weighted by Crippen LogP contribution is -2.48. The van der Waals surface area contributed by atoms with Gasteiger partial charge in [0.15, 0.2) is 11.5 Å². The Kier molecular flexibility index (Phi) is 9.11. The summed E-state index contributed by atoms with van der Waals surface area (Å²) in [6.45, 7) is 5.34. The number of nitrogens with one attached hydrogen (secondary N) is 2. The lowest BCUT2D eigenvalue weighted by Gasteiger charge is -2.34.